The van der Waals surface area contributed by atoms with Crippen LogP contribution in [0.4, 0.5) is 0 Å². The molecule has 0 saturated heterocycles. The van der Waals surface area contributed by atoms with Crippen molar-refractivity contribution >= 4 is 19.8 Å². The summed E-state index contributed by atoms with van der Waals surface area (Å²) in [4.78, 5) is 38.1. The molecule has 0 rings (SSSR count). The minimum atomic E-state index is -4.66. The number of allylic oxidation sites excluding steroid dienone is 30. The third kappa shape index (κ3) is 76.1. The molecule has 0 fully saturated rings. The number of quaternary nitrogens is 1. The van der Waals surface area contributed by atoms with Crippen molar-refractivity contribution in [3.63, 3.8) is 0 Å². The average Bonchev–Trinajstić information content (AvgIpc) is 1.68. The molecule has 0 heterocycles. The Labute approximate surface area is 578 Å². The van der Waals surface area contributed by atoms with E-state index in [2.05, 4.69) is 196 Å². The number of unbranched alkanes of at least 4 members (excludes halogenated alkanes) is 23. The lowest BCUT2D eigenvalue weighted by molar-refractivity contribution is -0.870. The molecule has 0 radical (unpaired) electrons. The number of carbonyl (C=O) groups is 2. The van der Waals surface area contributed by atoms with Gasteiger partial charge in [-0.2, -0.15) is 0 Å². The van der Waals surface area contributed by atoms with E-state index in [1.54, 1.807) is 0 Å². The highest BCUT2D eigenvalue weighted by molar-refractivity contribution is 7.45. The number of hydrogen-bond acceptors (Lipinski definition) is 8. The first-order valence-corrected chi connectivity index (χ1v) is 39.0. The number of phosphoric ester groups is 1. The lowest BCUT2D eigenvalue weighted by Gasteiger charge is -2.28. The molecule has 0 aromatic rings. The number of ether oxygens (including phenoxy) is 2. The van der Waals surface area contributed by atoms with Crippen LogP contribution in [-0.2, 0) is 32.7 Å². The van der Waals surface area contributed by atoms with Crippen molar-refractivity contribution in [2.24, 2.45) is 0 Å². The average molecular weight is 1320 g/mol. The topological polar surface area (TPSA) is 111 Å². The molecule has 9 nitrogen and oxygen atoms in total. The van der Waals surface area contributed by atoms with Crippen molar-refractivity contribution < 1.29 is 42.1 Å². The molecule has 0 saturated carbocycles. The molecule has 532 valence electrons. The fraction of sp³-hybridized carbons (Fsp3) is 0.619. The quantitative estimate of drug-likeness (QED) is 0.0195. The van der Waals surface area contributed by atoms with Crippen LogP contribution in [0.25, 0.3) is 0 Å². The molecule has 0 aliphatic carbocycles. The molecular weight excluding hydrogens is 1180 g/mol. The zero-order valence-corrected chi connectivity index (χ0v) is 61.5. The highest BCUT2D eigenvalue weighted by Crippen LogP contribution is 2.38. The van der Waals surface area contributed by atoms with Gasteiger partial charge in [0.05, 0.1) is 27.7 Å². The predicted molar refractivity (Wildman–Crippen MR) is 406 cm³/mol. The van der Waals surface area contributed by atoms with Crippen LogP contribution in [-0.4, -0.2) is 70.0 Å². The monoisotopic (exact) mass is 1320 g/mol. The van der Waals surface area contributed by atoms with Gasteiger partial charge in [-0.3, -0.25) is 14.2 Å². The van der Waals surface area contributed by atoms with Gasteiger partial charge in [0.15, 0.2) is 6.10 Å². The van der Waals surface area contributed by atoms with E-state index in [1.165, 1.54) is 103 Å². The Hall–Kier alpha value is -4.89. The number of nitrogens with zero attached hydrogens (tertiary/aromatic N) is 1. The highest BCUT2D eigenvalue weighted by Gasteiger charge is 2.22. The van der Waals surface area contributed by atoms with Crippen LogP contribution < -0.4 is 4.89 Å². The van der Waals surface area contributed by atoms with Gasteiger partial charge in [-0.05, 0) is 135 Å². The maximum absolute atomic E-state index is 12.9. The molecule has 0 N–H and O–H groups in total. The lowest BCUT2D eigenvalue weighted by atomic mass is 10.0. The third-order valence-corrected chi connectivity index (χ3v) is 16.4. The van der Waals surface area contributed by atoms with E-state index in [4.69, 9.17) is 18.5 Å². The van der Waals surface area contributed by atoms with Crippen LogP contribution >= 0.6 is 7.82 Å². The minimum Gasteiger partial charge on any atom is -0.756 e. The standard InChI is InChI=1S/C84H138NO8P/c1-6-8-10-12-14-16-18-20-22-24-26-28-30-32-34-36-38-40-42-44-46-48-50-52-54-56-58-60-62-64-66-68-70-72-74-76-83(86)90-80-82(81-92-94(88,89)91-79-78-85(3,4)5)93-84(87)77-75-73-71-69-67-65-63-61-59-57-55-53-51-49-47-45-43-41-39-37-35-33-31-29-27-25-23-21-19-17-15-13-11-9-7-2/h8-11,14-17,20-23,26-29,32-35,38-41,45,47,51,53,57,59,82H,6-7,12-13,18-19,24-25,30-31,36-37,42-44,46,48-50,52,54-56,58,60-81H2,1-5H3/b10-8-,11-9-,16-14-,17-15-,22-20-,23-21-,28-26-,29-27-,34-32-,35-33-,40-38-,41-39-,47-45-,53-51-,59-57-. The number of hydrogen-bond donors (Lipinski definition) is 0. The van der Waals surface area contributed by atoms with Gasteiger partial charge in [-0.25, -0.2) is 0 Å². The largest absolute Gasteiger partial charge is 0.756 e. The molecular formula is C84H138NO8P. The number of likely N-dealkylation sites (N-methyl/N-ethyl adjacent to an activating group) is 1. The van der Waals surface area contributed by atoms with Gasteiger partial charge in [0.25, 0.3) is 7.82 Å². The van der Waals surface area contributed by atoms with Crippen molar-refractivity contribution in [3.05, 3.63) is 182 Å². The second-order valence-corrected chi connectivity index (χ2v) is 27.0. The maximum atomic E-state index is 12.9. The summed E-state index contributed by atoms with van der Waals surface area (Å²) in [6.07, 6.45) is 111. The van der Waals surface area contributed by atoms with Crippen LogP contribution in [0.3, 0.4) is 0 Å². The van der Waals surface area contributed by atoms with Gasteiger partial charge in [-0.1, -0.05) is 318 Å². The first-order chi connectivity index (χ1) is 46.0. The van der Waals surface area contributed by atoms with Gasteiger partial charge < -0.3 is 27.9 Å². The second kappa shape index (κ2) is 72.4. The Bertz CT molecular complexity index is 2240. The summed E-state index contributed by atoms with van der Waals surface area (Å²) in [6, 6.07) is 0. The summed E-state index contributed by atoms with van der Waals surface area (Å²) >= 11 is 0. The fourth-order valence-electron chi connectivity index (χ4n) is 9.77. The molecule has 0 bridgehead atoms. The third-order valence-electron chi connectivity index (χ3n) is 15.4. The summed E-state index contributed by atoms with van der Waals surface area (Å²) in [7, 11) is 1.14. The van der Waals surface area contributed by atoms with E-state index in [-0.39, 0.29) is 26.1 Å². The second-order valence-electron chi connectivity index (χ2n) is 25.5. The zero-order chi connectivity index (χ0) is 68.3. The summed E-state index contributed by atoms with van der Waals surface area (Å²) < 4.78 is 34.3. The Kier molecular flexibility index (Phi) is 68.6. The maximum Gasteiger partial charge on any atom is 0.306 e. The number of phosphoric acid groups is 1. The van der Waals surface area contributed by atoms with Crippen LogP contribution in [0, 0.1) is 0 Å². The summed E-state index contributed by atoms with van der Waals surface area (Å²) in [5.74, 6) is -0.852. The van der Waals surface area contributed by atoms with E-state index in [9.17, 15) is 19.0 Å². The molecule has 0 aromatic heterocycles. The van der Waals surface area contributed by atoms with E-state index in [1.807, 2.05) is 21.1 Å². The number of carbonyl (C=O) groups excluding carboxylic acids is 2. The van der Waals surface area contributed by atoms with Gasteiger partial charge in [0, 0.05) is 12.8 Å². The molecule has 94 heavy (non-hydrogen) atoms. The summed E-state index contributed by atoms with van der Waals surface area (Å²) in [5, 5.41) is 0. The van der Waals surface area contributed by atoms with Crippen LogP contribution in [0.15, 0.2) is 182 Å². The number of esters is 2. The predicted octanol–water partition coefficient (Wildman–Crippen LogP) is 24.4. The van der Waals surface area contributed by atoms with Crippen LogP contribution in [0.5, 0.6) is 0 Å². The zero-order valence-electron chi connectivity index (χ0n) is 60.6. The Balaban J connectivity index is 4.10. The van der Waals surface area contributed by atoms with Crippen LogP contribution in [0.2, 0.25) is 0 Å². The molecule has 0 spiro atoms. The van der Waals surface area contributed by atoms with Gasteiger partial charge >= 0.3 is 11.9 Å². The van der Waals surface area contributed by atoms with E-state index >= 15 is 0 Å². The number of rotatable bonds is 67. The molecule has 0 aliphatic rings. The van der Waals surface area contributed by atoms with Crippen molar-refractivity contribution in [2.45, 2.75) is 290 Å². The molecule has 0 aliphatic heterocycles. The fourth-order valence-corrected chi connectivity index (χ4v) is 10.5. The summed E-state index contributed by atoms with van der Waals surface area (Å²) in [6.45, 7) is 4.00. The van der Waals surface area contributed by atoms with Gasteiger partial charge in [0.1, 0.15) is 19.8 Å². The van der Waals surface area contributed by atoms with Crippen molar-refractivity contribution in [2.75, 3.05) is 47.5 Å². The Morgan fingerprint density at radius 2 is 0.574 bits per heavy atom. The van der Waals surface area contributed by atoms with E-state index in [0.29, 0.717) is 17.4 Å². The van der Waals surface area contributed by atoms with Gasteiger partial charge in [0.2, 0.25) is 0 Å². The molecule has 2 atom stereocenters. The first-order valence-electron chi connectivity index (χ1n) is 37.5. The van der Waals surface area contributed by atoms with E-state index < -0.39 is 32.5 Å². The van der Waals surface area contributed by atoms with Crippen molar-refractivity contribution in [3.8, 4) is 0 Å². The SMILES string of the molecule is CC/C=C\C/C=C\C/C=C\C/C=C\C/C=C\C/C=C\C/C=C\C/C=C\C/C=C\CCCCCCCCCC(=O)OC(COC(=O)CCCCCCCCCCCCCCCCCC/C=C\C/C=C\C/C=C\C/C=C\C/C=C\C/C=C\CC)COP(=O)([O-])OCC[N+](C)(C)C. The molecule has 0 aromatic carbocycles. The normalized spacial score (nSPS) is 14.1. The Morgan fingerprint density at radius 1 is 0.330 bits per heavy atom. The summed E-state index contributed by atoms with van der Waals surface area (Å²) in [5.41, 5.74) is 0. The minimum absolute atomic E-state index is 0.0415. The highest BCUT2D eigenvalue weighted by atomic mass is 31.2. The smallest absolute Gasteiger partial charge is 0.306 e. The lowest BCUT2D eigenvalue weighted by Crippen LogP contribution is -2.37. The van der Waals surface area contributed by atoms with Crippen molar-refractivity contribution in [1.82, 2.24) is 0 Å². The molecule has 2 unspecified atom stereocenters. The van der Waals surface area contributed by atoms with Crippen molar-refractivity contribution in [1.29, 1.82) is 0 Å². The van der Waals surface area contributed by atoms with Crippen LogP contribution in [0.1, 0.15) is 284 Å². The molecule has 0 amide bonds. The van der Waals surface area contributed by atoms with E-state index in [0.717, 1.165) is 148 Å². The Morgan fingerprint density at radius 3 is 0.851 bits per heavy atom. The molecule has 10 heteroatoms. The first kappa shape index (κ1) is 89.1. The van der Waals surface area contributed by atoms with Gasteiger partial charge in [-0.15, -0.1) is 0 Å².